The van der Waals surface area contributed by atoms with Crippen LogP contribution in [0.15, 0.2) is 76.7 Å². The Morgan fingerprint density at radius 3 is 2.56 bits per heavy atom. The highest BCUT2D eigenvalue weighted by Gasteiger charge is 2.39. The molecular formula is C26H25ClN4O7S. The molecule has 1 amide bonds. The maximum atomic E-state index is 13.1. The highest BCUT2D eigenvalue weighted by atomic mass is 35.5. The van der Waals surface area contributed by atoms with Crippen molar-refractivity contribution in [2.24, 2.45) is 5.10 Å². The molecule has 1 fully saturated rings. The number of amides is 1. The average molecular weight is 573 g/mol. The van der Waals surface area contributed by atoms with Gasteiger partial charge in [-0.15, -0.1) is 0 Å². The number of nitro groups is 1. The molecule has 13 heteroatoms. The number of hydrogen-bond acceptors (Lipinski definition) is 8. The zero-order valence-corrected chi connectivity index (χ0v) is 22.4. The number of nitrogens with zero attached hydrogens (tertiary/aromatic N) is 3. The van der Waals surface area contributed by atoms with E-state index in [9.17, 15) is 23.3 Å². The van der Waals surface area contributed by atoms with Crippen LogP contribution in [-0.2, 0) is 21.4 Å². The van der Waals surface area contributed by atoms with Crippen LogP contribution in [-0.4, -0.2) is 49.5 Å². The lowest BCUT2D eigenvalue weighted by molar-refractivity contribution is -0.385. The molecule has 1 N–H and O–H groups in total. The van der Waals surface area contributed by atoms with Crippen molar-refractivity contribution in [2.75, 3.05) is 13.7 Å². The quantitative estimate of drug-likeness (QED) is 0.219. The van der Waals surface area contributed by atoms with E-state index >= 15 is 0 Å². The van der Waals surface area contributed by atoms with E-state index in [1.807, 2.05) is 30.3 Å². The molecule has 3 aromatic carbocycles. The number of methoxy groups -OCH3 is 1. The highest BCUT2D eigenvalue weighted by Crippen LogP contribution is 2.34. The fourth-order valence-electron chi connectivity index (χ4n) is 4.11. The number of carbonyl (C=O) groups is 1. The molecule has 0 unspecified atom stereocenters. The summed E-state index contributed by atoms with van der Waals surface area (Å²) in [6.45, 7) is 0.342. The van der Waals surface area contributed by atoms with Crippen LogP contribution in [0.4, 0.5) is 5.69 Å². The van der Waals surface area contributed by atoms with E-state index in [1.165, 1.54) is 43.5 Å². The van der Waals surface area contributed by atoms with E-state index in [1.54, 1.807) is 0 Å². The third-order valence-corrected chi connectivity index (χ3v) is 8.23. The second kappa shape index (κ2) is 12.2. The van der Waals surface area contributed by atoms with E-state index in [-0.39, 0.29) is 40.8 Å². The summed E-state index contributed by atoms with van der Waals surface area (Å²) in [5.74, 6) is -0.248. The first kappa shape index (κ1) is 28.0. The first-order valence-corrected chi connectivity index (χ1v) is 13.7. The van der Waals surface area contributed by atoms with Gasteiger partial charge in [-0.25, -0.2) is 13.8 Å². The molecule has 1 atom stereocenters. The van der Waals surface area contributed by atoms with Gasteiger partial charge in [0.2, 0.25) is 10.0 Å². The molecule has 0 aromatic heterocycles. The molecule has 1 aliphatic rings. The lowest BCUT2D eigenvalue weighted by atomic mass is 10.1. The summed E-state index contributed by atoms with van der Waals surface area (Å²) in [6, 6.07) is 16.6. The van der Waals surface area contributed by atoms with Crippen LogP contribution in [0.2, 0.25) is 5.02 Å². The maximum absolute atomic E-state index is 13.1. The fraction of sp³-hybridized carbons (Fsp3) is 0.231. The first-order chi connectivity index (χ1) is 18.7. The smallest absolute Gasteiger partial charge is 0.282 e. The van der Waals surface area contributed by atoms with Crippen LogP contribution in [0.1, 0.15) is 24.0 Å². The molecule has 0 spiro atoms. The van der Waals surface area contributed by atoms with Crippen molar-refractivity contribution in [3.8, 4) is 11.5 Å². The number of benzene rings is 3. The molecule has 0 bridgehead atoms. The summed E-state index contributed by atoms with van der Waals surface area (Å²) >= 11 is 5.86. The third-order valence-electron chi connectivity index (χ3n) is 6.05. The number of sulfonamides is 1. The molecule has 4 rings (SSSR count). The average Bonchev–Trinajstić information content (AvgIpc) is 3.44. The van der Waals surface area contributed by atoms with Gasteiger partial charge in [-0.3, -0.25) is 14.9 Å². The van der Waals surface area contributed by atoms with E-state index in [2.05, 4.69) is 10.5 Å². The number of nitrogens with one attached hydrogen (secondary N) is 1. The molecule has 3 aromatic rings. The van der Waals surface area contributed by atoms with Gasteiger partial charge in [0.1, 0.15) is 12.6 Å². The third kappa shape index (κ3) is 6.53. The number of hydrazone groups is 1. The van der Waals surface area contributed by atoms with Gasteiger partial charge in [0.25, 0.3) is 11.6 Å². The van der Waals surface area contributed by atoms with Crippen LogP contribution in [0.25, 0.3) is 0 Å². The van der Waals surface area contributed by atoms with Crippen LogP contribution in [0, 0.1) is 10.1 Å². The monoisotopic (exact) mass is 572 g/mol. The molecule has 0 radical (unpaired) electrons. The molecule has 39 heavy (non-hydrogen) atoms. The minimum atomic E-state index is -3.94. The van der Waals surface area contributed by atoms with Crippen molar-refractivity contribution in [1.82, 2.24) is 9.73 Å². The summed E-state index contributed by atoms with van der Waals surface area (Å²) in [5, 5.41) is 16.0. The van der Waals surface area contributed by atoms with Crippen molar-refractivity contribution >= 4 is 39.4 Å². The van der Waals surface area contributed by atoms with Crippen LogP contribution < -0.4 is 14.9 Å². The Morgan fingerprint density at radius 1 is 1.18 bits per heavy atom. The Balaban J connectivity index is 1.49. The molecule has 0 saturated carbocycles. The Hall–Kier alpha value is -4.00. The number of rotatable bonds is 10. The van der Waals surface area contributed by atoms with Crippen LogP contribution in [0.3, 0.4) is 0 Å². The van der Waals surface area contributed by atoms with Gasteiger partial charge in [-0.1, -0.05) is 41.9 Å². The summed E-state index contributed by atoms with van der Waals surface area (Å²) in [6.07, 6.45) is 1.89. The minimum absolute atomic E-state index is 0.0207. The fourth-order valence-corrected chi connectivity index (χ4v) is 5.89. The number of carbonyl (C=O) groups excluding carboxylic acids is 1. The van der Waals surface area contributed by atoms with Gasteiger partial charge in [0, 0.05) is 11.6 Å². The van der Waals surface area contributed by atoms with Gasteiger partial charge in [0.05, 0.1) is 34.8 Å². The van der Waals surface area contributed by atoms with Gasteiger partial charge >= 0.3 is 0 Å². The second-order valence-corrected chi connectivity index (χ2v) is 10.9. The van der Waals surface area contributed by atoms with Crippen LogP contribution >= 0.6 is 11.6 Å². The Labute approximate surface area is 230 Å². The molecule has 1 saturated heterocycles. The Kier molecular flexibility index (Phi) is 8.79. The molecule has 204 valence electrons. The highest BCUT2D eigenvalue weighted by molar-refractivity contribution is 7.89. The predicted molar refractivity (Wildman–Crippen MR) is 145 cm³/mol. The van der Waals surface area contributed by atoms with E-state index in [4.69, 9.17) is 21.1 Å². The van der Waals surface area contributed by atoms with Crippen LogP contribution in [0.5, 0.6) is 11.5 Å². The van der Waals surface area contributed by atoms with Gasteiger partial charge in [-0.05, 0) is 48.7 Å². The summed E-state index contributed by atoms with van der Waals surface area (Å²) in [7, 11) is -2.54. The van der Waals surface area contributed by atoms with Crippen molar-refractivity contribution < 1.29 is 27.6 Å². The summed E-state index contributed by atoms with van der Waals surface area (Å²) in [4.78, 5) is 24.0. The number of halogens is 1. The van der Waals surface area contributed by atoms with E-state index in [0.717, 1.165) is 16.1 Å². The molecule has 1 heterocycles. The van der Waals surface area contributed by atoms with Crippen molar-refractivity contribution in [1.29, 1.82) is 0 Å². The summed E-state index contributed by atoms with van der Waals surface area (Å²) in [5.41, 5.74) is 2.92. The number of nitro benzene ring substituents is 1. The van der Waals surface area contributed by atoms with Crippen molar-refractivity contribution in [2.45, 2.75) is 30.4 Å². The zero-order valence-electron chi connectivity index (χ0n) is 20.8. The SMILES string of the molecule is COc1cc(/C=N\NC(=O)[C@H]2CCCN2S(=O)(=O)c2ccc(Cl)cc2)c([N+](=O)[O-])cc1OCc1ccccc1. The van der Waals surface area contributed by atoms with Crippen molar-refractivity contribution in [3.63, 3.8) is 0 Å². The lowest BCUT2D eigenvalue weighted by Crippen LogP contribution is -2.44. The maximum Gasteiger partial charge on any atom is 0.282 e. The lowest BCUT2D eigenvalue weighted by Gasteiger charge is -2.22. The van der Waals surface area contributed by atoms with Crippen molar-refractivity contribution in [3.05, 3.63) is 93.0 Å². The molecule has 1 aliphatic heterocycles. The molecular weight excluding hydrogens is 548 g/mol. The first-order valence-electron chi connectivity index (χ1n) is 11.8. The predicted octanol–water partition coefficient (Wildman–Crippen LogP) is 4.14. The number of hydrogen-bond donors (Lipinski definition) is 1. The Bertz CT molecular complexity index is 1480. The van der Waals surface area contributed by atoms with Gasteiger partial charge < -0.3 is 9.47 Å². The second-order valence-electron chi connectivity index (χ2n) is 8.56. The zero-order chi connectivity index (χ0) is 28.0. The Morgan fingerprint density at radius 2 is 1.90 bits per heavy atom. The van der Waals surface area contributed by atoms with E-state index < -0.39 is 26.9 Å². The van der Waals surface area contributed by atoms with E-state index in [0.29, 0.717) is 17.9 Å². The van der Waals surface area contributed by atoms with Gasteiger partial charge in [0.15, 0.2) is 11.5 Å². The number of ether oxygens (including phenoxy) is 2. The topological polar surface area (TPSA) is 140 Å². The summed E-state index contributed by atoms with van der Waals surface area (Å²) < 4.78 is 38.4. The molecule has 11 nitrogen and oxygen atoms in total. The van der Waals surface area contributed by atoms with Gasteiger partial charge in [-0.2, -0.15) is 9.41 Å². The molecule has 0 aliphatic carbocycles. The normalized spacial score (nSPS) is 15.8. The standard InChI is InChI=1S/C26H25ClN4O7S/c1-37-24-14-19(23(31(33)34)15-25(24)38-17-18-6-3-2-4-7-18)16-28-29-26(32)22-8-5-13-30(22)39(35,36)21-11-9-20(27)10-12-21/h2-4,6-7,9-12,14-16,22H,5,8,13,17H2,1H3,(H,29,32)/b28-16-/t22-/m1/s1. The minimum Gasteiger partial charge on any atom is -0.493 e. The largest absolute Gasteiger partial charge is 0.493 e.